The quantitative estimate of drug-likeness (QED) is 0.174. The summed E-state index contributed by atoms with van der Waals surface area (Å²) in [6.07, 6.45) is -1.38. The van der Waals surface area contributed by atoms with E-state index in [1.807, 2.05) is 48.5 Å². The van der Waals surface area contributed by atoms with Crippen LogP contribution in [0.2, 0.25) is 5.02 Å². The van der Waals surface area contributed by atoms with Crippen LogP contribution in [-0.4, -0.2) is 46.4 Å². The van der Waals surface area contributed by atoms with Gasteiger partial charge in [-0.05, 0) is 36.2 Å². The Kier molecular flexibility index (Phi) is 11.1. The van der Waals surface area contributed by atoms with Gasteiger partial charge in [0.2, 0.25) is 0 Å². The molecule has 0 fully saturated rings. The van der Waals surface area contributed by atoms with E-state index < -0.39 is 12.1 Å². The number of benzene rings is 2. The van der Waals surface area contributed by atoms with Crippen LogP contribution < -0.4 is 20.5 Å². The number of nitrogens with one attached hydrogen (secondary N) is 1. The van der Waals surface area contributed by atoms with E-state index in [1.165, 1.54) is 17.5 Å². The van der Waals surface area contributed by atoms with Crippen LogP contribution >= 0.6 is 22.9 Å². The molecule has 0 saturated heterocycles. The maximum Gasteiger partial charge on any atom is 0.490 e. The lowest BCUT2D eigenvalue weighted by Gasteiger charge is -2.10. The summed E-state index contributed by atoms with van der Waals surface area (Å²) < 4.78 is 44.4. The maximum atomic E-state index is 12.5. The van der Waals surface area contributed by atoms with Crippen LogP contribution in [-0.2, 0) is 18.0 Å². The summed E-state index contributed by atoms with van der Waals surface area (Å²) in [6, 6.07) is 14.9. The number of hydrogen-bond acceptors (Lipinski definition) is 8. The third-order valence-corrected chi connectivity index (χ3v) is 6.71. The van der Waals surface area contributed by atoms with Crippen molar-refractivity contribution in [1.82, 2.24) is 10.3 Å². The topological polar surface area (TPSA) is 144 Å². The van der Waals surface area contributed by atoms with Crippen LogP contribution in [0.25, 0.3) is 10.1 Å². The summed E-state index contributed by atoms with van der Waals surface area (Å²) in [5.74, 6) is -1.68. The Morgan fingerprint density at radius 1 is 1.05 bits per heavy atom. The number of carboxylic acid groups (broad SMARTS) is 1. The number of anilines is 1. The molecule has 1 amide bonds. The highest BCUT2D eigenvalue weighted by Gasteiger charge is 2.38. The SMILES string of the molecule is Nc1sc2c(C(=O)NCCCO)cncc2c1COc1cccc(OCc2ccc(Cl)cc2)c1.O=C(O)C(F)(F)F. The summed E-state index contributed by atoms with van der Waals surface area (Å²) in [7, 11) is 0. The Balaban J connectivity index is 0.000000587. The van der Waals surface area contributed by atoms with Crippen molar-refractivity contribution in [3.05, 3.63) is 82.6 Å². The average Bonchev–Trinajstić information content (AvgIpc) is 3.26. The predicted molar refractivity (Wildman–Crippen MR) is 148 cm³/mol. The van der Waals surface area contributed by atoms with Gasteiger partial charge in [0.15, 0.2) is 0 Å². The monoisotopic (exact) mass is 611 g/mol. The number of rotatable bonds is 10. The molecule has 2 aromatic heterocycles. The Bertz CT molecular complexity index is 1480. The van der Waals surface area contributed by atoms with Gasteiger partial charge in [-0.25, -0.2) is 4.79 Å². The Morgan fingerprint density at radius 3 is 2.29 bits per heavy atom. The lowest BCUT2D eigenvalue weighted by atomic mass is 10.1. The summed E-state index contributed by atoms with van der Waals surface area (Å²) in [5, 5.41) is 20.9. The predicted octanol–water partition coefficient (Wildman–Crippen LogP) is 5.44. The van der Waals surface area contributed by atoms with Crippen molar-refractivity contribution >= 4 is 49.9 Å². The zero-order chi connectivity index (χ0) is 30.0. The fourth-order valence-electron chi connectivity index (χ4n) is 3.32. The molecule has 5 N–H and O–H groups in total. The summed E-state index contributed by atoms with van der Waals surface area (Å²) in [4.78, 5) is 25.6. The molecule has 218 valence electrons. The fourth-order valence-corrected chi connectivity index (χ4v) is 4.50. The van der Waals surface area contributed by atoms with Gasteiger partial charge < -0.3 is 30.7 Å². The number of carboxylic acids is 1. The average molecular weight is 612 g/mol. The first-order valence-electron chi connectivity index (χ1n) is 11.9. The van der Waals surface area contributed by atoms with E-state index in [0.717, 1.165) is 21.2 Å². The number of nitrogens with two attached hydrogens (primary N) is 1. The third-order valence-electron chi connectivity index (χ3n) is 5.35. The standard InChI is InChI=1S/C25H24ClN3O4S.C2HF3O2/c26-17-7-5-16(6-8-17)14-32-18-3-1-4-19(11-18)33-15-22-20-12-28-13-21(23(20)34-24(22)27)25(31)29-9-2-10-30;3-2(4,5)1(6)7/h1,3-8,11-13,30H,2,9-10,14-15,27H2,(H,29,31);(H,6,7). The number of alkyl halides is 3. The van der Waals surface area contributed by atoms with Gasteiger partial charge in [0.25, 0.3) is 5.91 Å². The number of aliphatic hydroxyl groups is 1. The van der Waals surface area contributed by atoms with Crippen molar-refractivity contribution < 1.29 is 42.4 Å². The third kappa shape index (κ3) is 9.23. The first-order chi connectivity index (χ1) is 19.5. The highest BCUT2D eigenvalue weighted by Crippen LogP contribution is 2.36. The molecule has 2 aromatic carbocycles. The van der Waals surface area contributed by atoms with E-state index in [9.17, 15) is 18.0 Å². The van der Waals surface area contributed by atoms with E-state index in [0.29, 0.717) is 46.7 Å². The highest BCUT2D eigenvalue weighted by molar-refractivity contribution is 7.23. The van der Waals surface area contributed by atoms with Gasteiger partial charge in [-0.1, -0.05) is 29.8 Å². The van der Waals surface area contributed by atoms with Gasteiger partial charge in [-0.3, -0.25) is 9.78 Å². The van der Waals surface area contributed by atoms with Gasteiger partial charge in [0.1, 0.15) is 24.7 Å². The molecular formula is C27H25ClF3N3O6S. The van der Waals surface area contributed by atoms with Crippen LogP contribution in [0.5, 0.6) is 11.5 Å². The molecule has 0 atom stereocenters. The Morgan fingerprint density at radius 2 is 1.68 bits per heavy atom. The molecule has 0 radical (unpaired) electrons. The van der Waals surface area contributed by atoms with E-state index >= 15 is 0 Å². The number of pyridine rings is 1. The molecule has 41 heavy (non-hydrogen) atoms. The number of nitrogen functional groups attached to an aromatic ring is 1. The van der Waals surface area contributed by atoms with E-state index in [-0.39, 0.29) is 19.1 Å². The number of aliphatic hydroxyl groups excluding tert-OH is 1. The first-order valence-corrected chi connectivity index (χ1v) is 13.1. The van der Waals surface area contributed by atoms with Gasteiger partial charge in [0.05, 0.1) is 15.3 Å². The zero-order valence-corrected chi connectivity index (χ0v) is 22.9. The minimum Gasteiger partial charge on any atom is -0.489 e. The van der Waals surface area contributed by atoms with Gasteiger partial charge in [0, 0.05) is 47.6 Å². The smallest absolute Gasteiger partial charge is 0.489 e. The lowest BCUT2D eigenvalue weighted by molar-refractivity contribution is -0.192. The Labute approximate surface area is 241 Å². The fraction of sp³-hybridized carbons (Fsp3) is 0.222. The molecule has 4 rings (SSSR count). The molecule has 4 aromatic rings. The molecule has 0 aliphatic carbocycles. The zero-order valence-electron chi connectivity index (χ0n) is 21.3. The number of carbonyl (C=O) groups excluding carboxylic acids is 1. The van der Waals surface area contributed by atoms with Gasteiger partial charge in [-0.15, -0.1) is 11.3 Å². The van der Waals surface area contributed by atoms with Crippen molar-refractivity contribution in [3.63, 3.8) is 0 Å². The maximum absolute atomic E-state index is 12.5. The van der Waals surface area contributed by atoms with E-state index in [1.54, 1.807) is 6.20 Å². The lowest BCUT2D eigenvalue weighted by Crippen LogP contribution is -2.25. The number of hydrogen-bond donors (Lipinski definition) is 4. The van der Waals surface area contributed by atoms with Gasteiger partial charge in [-0.2, -0.15) is 13.2 Å². The number of thiophene rings is 1. The minimum atomic E-state index is -5.08. The number of halogens is 4. The van der Waals surface area contributed by atoms with Crippen molar-refractivity contribution in [2.45, 2.75) is 25.8 Å². The van der Waals surface area contributed by atoms with Crippen molar-refractivity contribution in [1.29, 1.82) is 0 Å². The Hall–Kier alpha value is -4.07. The van der Waals surface area contributed by atoms with Crippen molar-refractivity contribution in [2.24, 2.45) is 0 Å². The molecular weight excluding hydrogens is 587 g/mol. The minimum absolute atomic E-state index is 0.0174. The summed E-state index contributed by atoms with van der Waals surface area (Å²) >= 11 is 7.26. The second-order valence-electron chi connectivity index (χ2n) is 8.32. The second-order valence-corrected chi connectivity index (χ2v) is 9.81. The summed E-state index contributed by atoms with van der Waals surface area (Å²) in [6.45, 7) is 1.05. The first kappa shape index (κ1) is 31.5. The summed E-state index contributed by atoms with van der Waals surface area (Å²) in [5.41, 5.74) is 8.52. The normalized spacial score (nSPS) is 11.0. The van der Waals surface area contributed by atoms with E-state index in [4.69, 9.17) is 41.8 Å². The molecule has 0 saturated carbocycles. The van der Waals surface area contributed by atoms with Gasteiger partial charge >= 0.3 is 12.1 Å². The molecule has 0 unspecified atom stereocenters. The molecule has 0 bridgehead atoms. The second kappa shape index (κ2) is 14.5. The van der Waals surface area contributed by atoms with Crippen LogP contribution in [0.4, 0.5) is 18.2 Å². The number of fused-ring (bicyclic) bond motifs is 1. The number of amides is 1. The van der Waals surface area contributed by atoms with E-state index in [2.05, 4.69) is 10.3 Å². The van der Waals surface area contributed by atoms with Crippen molar-refractivity contribution in [2.75, 3.05) is 18.9 Å². The van der Waals surface area contributed by atoms with Crippen LogP contribution in [0.15, 0.2) is 60.9 Å². The number of aliphatic carboxylic acids is 1. The largest absolute Gasteiger partial charge is 0.490 e. The van der Waals surface area contributed by atoms with Crippen LogP contribution in [0.3, 0.4) is 0 Å². The number of ether oxygens (including phenoxy) is 2. The van der Waals surface area contributed by atoms with Crippen LogP contribution in [0.1, 0.15) is 27.9 Å². The number of nitrogens with zero attached hydrogens (tertiary/aromatic N) is 1. The highest BCUT2D eigenvalue weighted by atomic mass is 35.5. The number of carbonyl (C=O) groups is 2. The molecule has 0 aliphatic heterocycles. The molecule has 0 aliphatic rings. The molecule has 2 heterocycles. The van der Waals surface area contributed by atoms with Crippen LogP contribution in [0, 0.1) is 0 Å². The molecule has 14 heteroatoms. The molecule has 0 spiro atoms. The number of aromatic nitrogens is 1. The molecule has 9 nitrogen and oxygen atoms in total. The van der Waals surface area contributed by atoms with Crippen molar-refractivity contribution in [3.8, 4) is 11.5 Å².